The summed E-state index contributed by atoms with van der Waals surface area (Å²) in [6, 6.07) is 7.30. The third-order valence-electron chi connectivity index (χ3n) is 3.40. The largest absolute Gasteiger partial charge is 0.360 e. The number of fused-ring (bicyclic) bond motifs is 1. The highest BCUT2D eigenvalue weighted by atomic mass is 32.2. The van der Waals surface area contributed by atoms with Crippen LogP contribution < -0.4 is 15.5 Å². The van der Waals surface area contributed by atoms with E-state index in [1.165, 1.54) is 28.0 Å². The number of para-hydroxylation sites is 2. The molecule has 2 N–H and O–H groups in total. The number of benzene rings is 1. The molecule has 0 saturated carbocycles. The van der Waals surface area contributed by atoms with Crippen molar-refractivity contribution in [1.82, 2.24) is 10.2 Å². The number of aromatic nitrogens is 2. The van der Waals surface area contributed by atoms with Crippen LogP contribution in [0.1, 0.15) is 13.8 Å². The van der Waals surface area contributed by atoms with Crippen molar-refractivity contribution < 1.29 is 9.59 Å². The van der Waals surface area contributed by atoms with Gasteiger partial charge in [0, 0.05) is 6.54 Å². The summed E-state index contributed by atoms with van der Waals surface area (Å²) in [5.41, 5.74) is 1.38. The van der Waals surface area contributed by atoms with Crippen LogP contribution in [-0.4, -0.2) is 40.4 Å². The molecule has 0 saturated heterocycles. The first kappa shape index (κ1) is 16.7. The SMILES string of the molecule is CCNc1nnc(S[C@H](C)C(=O)N2CC(=O)Nc3ccccc32)s1. The lowest BCUT2D eigenvalue weighted by Crippen LogP contribution is -2.45. The molecule has 2 aromatic rings. The van der Waals surface area contributed by atoms with Crippen molar-refractivity contribution in [2.75, 3.05) is 28.6 Å². The average Bonchev–Trinajstić information content (AvgIpc) is 3.00. The summed E-state index contributed by atoms with van der Waals surface area (Å²) in [6.45, 7) is 4.60. The second-order valence-electron chi connectivity index (χ2n) is 5.15. The second kappa shape index (κ2) is 7.18. The molecule has 3 rings (SSSR count). The number of thioether (sulfide) groups is 1. The van der Waals surface area contributed by atoms with Crippen LogP contribution in [0.15, 0.2) is 28.6 Å². The molecule has 2 amide bonds. The highest BCUT2D eigenvalue weighted by molar-refractivity contribution is 8.02. The number of amides is 2. The average molecular weight is 363 g/mol. The lowest BCUT2D eigenvalue weighted by atomic mass is 10.2. The van der Waals surface area contributed by atoms with Gasteiger partial charge in [0.2, 0.25) is 16.9 Å². The van der Waals surface area contributed by atoms with E-state index in [-0.39, 0.29) is 23.6 Å². The Morgan fingerprint density at radius 1 is 1.46 bits per heavy atom. The Morgan fingerprint density at radius 2 is 2.25 bits per heavy atom. The van der Waals surface area contributed by atoms with Gasteiger partial charge in [-0.25, -0.2) is 0 Å². The number of anilines is 3. The summed E-state index contributed by atoms with van der Waals surface area (Å²) >= 11 is 2.77. The number of hydrogen-bond acceptors (Lipinski definition) is 7. The van der Waals surface area contributed by atoms with Crippen molar-refractivity contribution in [3.63, 3.8) is 0 Å². The van der Waals surface area contributed by atoms with Crippen LogP contribution in [0.5, 0.6) is 0 Å². The Kier molecular flexibility index (Phi) is 5.00. The third-order valence-corrected chi connectivity index (χ3v) is 5.45. The normalized spacial score (nSPS) is 14.8. The first-order valence-corrected chi connectivity index (χ1v) is 9.22. The van der Waals surface area contributed by atoms with Crippen LogP contribution in [0.25, 0.3) is 0 Å². The van der Waals surface area contributed by atoms with Gasteiger partial charge in [-0.3, -0.25) is 14.5 Å². The zero-order chi connectivity index (χ0) is 17.1. The zero-order valence-electron chi connectivity index (χ0n) is 13.3. The lowest BCUT2D eigenvalue weighted by Gasteiger charge is -2.30. The predicted octanol–water partition coefficient (Wildman–Crippen LogP) is 2.44. The van der Waals surface area contributed by atoms with E-state index in [9.17, 15) is 9.59 Å². The van der Waals surface area contributed by atoms with E-state index in [1.54, 1.807) is 6.07 Å². The maximum absolute atomic E-state index is 12.8. The fourth-order valence-electron chi connectivity index (χ4n) is 2.33. The molecule has 0 aliphatic carbocycles. The molecular weight excluding hydrogens is 346 g/mol. The molecular formula is C15H17N5O2S2. The minimum Gasteiger partial charge on any atom is -0.360 e. The highest BCUT2D eigenvalue weighted by Gasteiger charge is 2.30. The number of nitrogens with zero attached hydrogens (tertiary/aromatic N) is 3. The smallest absolute Gasteiger partial charge is 0.244 e. The van der Waals surface area contributed by atoms with Gasteiger partial charge in [0.1, 0.15) is 6.54 Å². The lowest BCUT2D eigenvalue weighted by molar-refractivity contribution is -0.121. The van der Waals surface area contributed by atoms with Crippen LogP contribution in [0.2, 0.25) is 0 Å². The Balaban J connectivity index is 1.74. The summed E-state index contributed by atoms with van der Waals surface area (Å²) in [4.78, 5) is 26.2. The van der Waals surface area contributed by atoms with E-state index >= 15 is 0 Å². The summed E-state index contributed by atoms with van der Waals surface area (Å²) in [6.07, 6.45) is 0. The zero-order valence-corrected chi connectivity index (χ0v) is 14.9. The predicted molar refractivity (Wildman–Crippen MR) is 96.8 cm³/mol. The minimum atomic E-state index is -0.369. The van der Waals surface area contributed by atoms with Gasteiger partial charge in [0.05, 0.1) is 16.6 Å². The van der Waals surface area contributed by atoms with Crippen LogP contribution in [0.3, 0.4) is 0 Å². The van der Waals surface area contributed by atoms with Gasteiger partial charge in [-0.05, 0) is 26.0 Å². The number of hydrogen-bond donors (Lipinski definition) is 2. The summed E-state index contributed by atoms with van der Waals surface area (Å²) in [5, 5.41) is 14.4. The van der Waals surface area contributed by atoms with Crippen LogP contribution >= 0.6 is 23.1 Å². The molecule has 0 spiro atoms. The number of rotatable bonds is 5. The van der Waals surface area contributed by atoms with Crippen molar-refractivity contribution in [3.05, 3.63) is 24.3 Å². The van der Waals surface area contributed by atoms with Gasteiger partial charge in [-0.2, -0.15) is 0 Å². The molecule has 0 radical (unpaired) electrons. The maximum Gasteiger partial charge on any atom is 0.244 e. The molecule has 1 aromatic heterocycles. The van der Waals surface area contributed by atoms with Gasteiger partial charge in [-0.15, -0.1) is 10.2 Å². The molecule has 9 heteroatoms. The number of carbonyl (C=O) groups excluding carboxylic acids is 2. The van der Waals surface area contributed by atoms with E-state index in [0.717, 1.165) is 21.7 Å². The molecule has 1 aliphatic rings. The van der Waals surface area contributed by atoms with Gasteiger partial charge in [0.15, 0.2) is 4.34 Å². The van der Waals surface area contributed by atoms with Crippen molar-refractivity contribution in [2.45, 2.75) is 23.4 Å². The van der Waals surface area contributed by atoms with Gasteiger partial charge in [-0.1, -0.05) is 35.2 Å². The standard InChI is InChI=1S/C15H17N5O2S2/c1-3-16-14-18-19-15(24-14)23-9(2)13(22)20-8-12(21)17-10-6-4-5-7-11(10)20/h4-7,9H,3,8H2,1-2H3,(H,16,18)(H,17,21)/t9-/m1/s1. The summed E-state index contributed by atoms with van der Waals surface area (Å²) in [7, 11) is 0. The van der Waals surface area contributed by atoms with E-state index in [1.807, 2.05) is 32.0 Å². The second-order valence-corrected chi connectivity index (χ2v) is 7.72. The molecule has 0 unspecified atom stereocenters. The van der Waals surface area contributed by atoms with Gasteiger partial charge >= 0.3 is 0 Å². The quantitative estimate of drug-likeness (QED) is 0.794. The van der Waals surface area contributed by atoms with Crippen LogP contribution in [0.4, 0.5) is 16.5 Å². The van der Waals surface area contributed by atoms with E-state index in [2.05, 4.69) is 20.8 Å². The first-order chi connectivity index (χ1) is 11.6. The molecule has 126 valence electrons. The summed E-state index contributed by atoms with van der Waals surface area (Å²) in [5.74, 6) is -0.313. The molecule has 1 aliphatic heterocycles. The summed E-state index contributed by atoms with van der Waals surface area (Å²) < 4.78 is 0.724. The van der Waals surface area contributed by atoms with Crippen molar-refractivity contribution in [3.8, 4) is 0 Å². The van der Waals surface area contributed by atoms with Crippen molar-refractivity contribution in [2.24, 2.45) is 0 Å². The third kappa shape index (κ3) is 3.51. The topological polar surface area (TPSA) is 87.2 Å². The molecule has 7 nitrogen and oxygen atoms in total. The maximum atomic E-state index is 12.8. The van der Waals surface area contributed by atoms with Gasteiger partial charge in [0.25, 0.3) is 0 Å². The monoisotopic (exact) mass is 363 g/mol. The van der Waals surface area contributed by atoms with Crippen LogP contribution in [-0.2, 0) is 9.59 Å². The van der Waals surface area contributed by atoms with Crippen molar-refractivity contribution >= 4 is 51.4 Å². The molecule has 24 heavy (non-hydrogen) atoms. The Labute approximate surface area is 147 Å². The minimum absolute atomic E-state index is 0.0273. The molecule has 0 bridgehead atoms. The molecule has 2 heterocycles. The van der Waals surface area contributed by atoms with E-state index < -0.39 is 0 Å². The Morgan fingerprint density at radius 3 is 3.04 bits per heavy atom. The number of carbonyl (C=O) groups is 2. The highest BCUT2D eigenvalue weighted by Crippen LogP contribution is 2.33. The van der Waals surface area contributed by atoms with Crippen LogP contribution in [0, 0.1) is 0 Å². The van der Waals surface area contributed by atoms with E-state index in [4.69, 9.17) is 0 Å². The van der Waals surface area contributed by atoms with Crippen molar-refractivity contribution in [1.29, 1.82) is 0 Å². The number of nitrogens with one attached hydrogen (secondary N) is 2. The van der Waals surface area contributed by atoms with Gasteiger partial charge < -0.3 is 10.6 Å². The first-order valence-electron chi connectivity index (χ1n) is 7.52. The molecule has 0 fully saturated rings. The van der Waals surface area contributed by atoms with E-state index in [0.29, 0.717) is 5.69 Å². The Bertz CT molecular complexity index is 764. The fraction of sp³-hybridized carbons (Fsp3) is 0.333. The Hall–Kier alpha value is -2.13. The molecule has 1 aromatic carbocycles. The fourth-order valence-corrected chi connectivity index (χ4v) is 4.36. The molecule has 1 atom stereocenters.